The van der Waals surface area contributed by atoms with E-state index in [0.29, 0.717) is 18.2 Å². The van der Waals surface area contributed by atoms with Gasteiger partial charge in [0.2, 0.25) is 5.91 Å². The van der Waals surface area contributed by atoms with Crippen molar-refractivity contribution < 1.29 is 19.1 Å². The predicted molar refractivity (Wildman–Crippen MR) is 97.6 cm³/mol. The highest BCUT2D eigenvalue weighted by atomic mass is 16.6. The third kappa shape index (κ3) is 6.74. The zero-order chi connectivity index (χ0) is 19.3. The van der Waals surface area contributed by atoms with Gasteiger partial charge >= 0.3 is 6.09 Å². The third-order valence-electron chi connectivity index (χ3n) is 3.72. The Morgan fingerprint density at radius 2 is 1.77 bits per heavy atom. The van der Waals surface area contributed by atoms with E-state index in [1.54, 1.807) is 52.0 Å². The Balaban J connectivity index is 1.77. The quantitative estimate of drug-likeness (QED) is 0.723. The summed E-state index contributed by atoms with van der Waals surface area (Å²) in [6, 6.07) is 6.68. The lowest BCUT2D eigenvalue weighted by Gasteiger charge is -2.21. The van der Waals surface area contributed by atoms with Gasteiger partial charge in [0, 0.05) is 18.2 Å². The second-order valence-electron chi connectivity index (χ2n) is 7.53. The lowest BCUT2D eigenvalue weighted by atomic mass is 10.1. The average Bonchev–Trinajstić information content (AvgIpc) is 3.35. The van der Waals surface area contributed by atoms with Crippen LogP contribution in [0.25, 0.3) is 0 Å². The molecule has 2 rings (SSSR count). The Kier molecular flexibility index (Phi) is 6.23. The maximum atomic E-state index is 12.1. The maximum absolute atomic E-state index is 12.1. The van der Waals surface area contributed by atoms with Gasteiger partial charge in [0.25, 0.3) is 5.91 Å². The van der Waals surface area contributed by atoms with Crippen LogP contribution in [-0.4, -0.2) is 35.6 Å². The van der Waals surface area contributed by atoms with Crippen molar-refractivity contribution in [3.8, 4) is 0 Å². The molecule has 1 aliphatic rings. The monoisotopic (exact) mass is 361 g/mol. The number of rotatable bonds is 6. The van der Waals surface area contributed by atoms with Crippen molar-refractivity contribution in [2.24, 2.45) is 0 Å². The van der Waals surface area contributed by atoms with Gasteiger partial charge in [-0.15, -0.1) is 0 Å². The number of nitrogens with one attached hydrogen (secondary N) is 3. The number of hydrogen-bond donors (Lipinski definition) is 3. The molecule has 1 atom stereocenters. The van der Waals surface area contributed by atoms with Crippen molar-refractivity contribution in [1.29, 1.82) is 0 Å². The number of ether oxygens (including phenoxy) is 1. The molecule has 142 valence electrons. The lowest BCUT2D eigenvalue weighted by molar-refractivity contribution is -0.122. The Morgan fingerprint density at radius 3 is 2.31 bits per heavy atom. The number of alkyl carbamates (subject to hydrolysis) is 1. The number of carbonyl (C=O) groups excluding carboxylic acids is 3. The van der Waals surface area contributed by atoms with Crippen molar-refractivity contribution in [1.82, 2.24) is 16.0 Å². The highest BCUT2D eigenvalue weighted by molar-refractivity contribution is 5.94. The molecule has 0 spiro atoms. The summed E-state index contributed by atoms with van der Waals surface area (Å²) >= 11 is 0. The number of hydrogen-bond acceptors (Lipinski definition) is 4. The lowest BCUT2D eigenvalue weighted by Crippen LogP contribution is -2.46. The summed E-state index contributed by atoms with van der Waals surface area (Å²) in [5, 5.41) is 8.17. The van der Waals surface area contributed by atoms with E-state index >= 15 is 0 Å². The molecule has 0 bridgehead atoms. The molecule has 3 amide bonds. The first-order valence-electron chi connectivity index (χ1n) is 8.81. The van der Waals surface area contributed by atoms with Gasteiger partial charge in [-0.05, 0) is 58.2 Å². The predicted octanol–water partition coefficient (Wildman–Crippen LogP) is 2.11. The third-order valence-corrected chi connectivity index (χ3v) is 3.72. The minimum atomic E-state index is -0.714. The summed E-state index contributed by atoms with van der Waals surface area (Å²) < 4.78 is 5.12. The van der Waals surface area contributed by atoms with Crippen LogP contribution in [0.1, 0.15) is 56.5 Å². The molecule has 0 saturated heterocycles. The fourth-order valence-corrected chi connectivity index (χ4v) is 2.16. The molecule has 7 nitrogen and oxygen atoms in total. The van der Waals surface area contributed by atoms with Gasteiger partial charge in [-0.2, -0.15) is 0 Å². The summed E-state index contributed by atoms with van der Waals surface area (Å²) in [5.74, 6) is -0.385. The summed E-state index contributed by atoms with van der Waals surface area (Å²) in [4.78, 5) is 35.7. The smallest absolute Gasteiger partial charge is 0.408 e. The molecule has 0 radical (unpaired) electrons. The molecule has 0 heterocycles. The van der Waals surface area contributed by atoms with E-state index in [9.17, 15) is 14.4 Å². The van der Waals surface area contributed by atoms with Crippen molar-refractivity contribution in [3.05, 3.63) is 35.4 Å². The van der Waals surface area contributed by atoms with Crippen molar-refractivity contribution in [2.75, 3.05) is 0 Å². The van der Waals surface area contributed by atoms with Gasteiger partial charge in [0.05, 0.1) is 0 Å². The standard InChI is InChI=1S/C19H27N3O4/c1-12(21-18(25)26-19(2,3)4)16(23)20-11-13-5-7-14(8-6-13)17(24)22-15-9-10-15/h5-8,12,15H,9-11H2,1-4H3,(H,20,23)(H,21,25)(H,22,24)/t12-/m1/s1. The van der Waals surface area contributed by atoms with Crippen LogP contribution in [0.5, 0.6) is 0 Å². The molecular formula is C19H27N3O4. The molecular weight excluding hydrogens is 334 g/mol. The molecule has 7 heteroatoms. The van der Waals surface area contributed by atoms with Crippen LogP contribution < -0.4 is 16.0 Å². The Labute approximate surface area is 153 Å². The minimum absolute atomic E-state index is 0.0710. The van der Waals surface area contributed by atoms with Gasteiger partial charge in [0.15, 0.2) is 0 Å². The first-order chi connectivity index (χ1) is 12.1. The topological polar surface area (TPSA) is 96.5 Å². The molecule has 1 aromatic rings. The van der Waals surface area contributed by atoms with E-state index < -0.39 is 17.7 Å². The zero-order valence-electron chi connectivity index (χ0n) is 15.7. The fourth-order valence-electron chi connectivity index (χ4n) is 2.16. The largest absolute Gasteiger partial charge is 0.444 e. The average molecular weight is 361 g/mol. The molecule has 26 heavy (non-hydrogen) atoms. The molecule has 1 aromatic carbocycles. The molecule has 0 unspecified atom stereocenters. The maximum Gasteiger partial charge on any atom is 0.408 e. The van der Waals surface area contributed by atoms with Gasteiger partial charge in [0.1, 0.15) is 11.6 Å². The summed E-state index contributed by atoms with van der Waals surface area (Å²) in [7, 11) is 0. The second-order valence-corrected chi connectivity index (χ2v) is 7.53. The highest BCUT2D eigenvalue weighted by Crippen LogP contribution is 2.19. The van der Waals surface area contributed by atoms with Crippen molar-refractivity contribution >= 4 is 17.9 Å². The molecule has 1 saturated carbocycles. The fraction of sp³-hybridized carbons (Fsp3) is 0.526. The van der Waals surface area contributed by atoms with Crippen LogP contribution in [0.15, 0.2) is 24.3 Å². The van der Waals surface area contributed by atoms with E-state index in [1.165, 1.54) is 0 Å². The Bertz CT molecular complexity index is 660. The van der Waals surface area contributed by atoms with Crippen LogP contribution in [0.2, 0.25) is 0 Å². The first kappa shape index (κ1) is 19.8. The van der Waals surface area contributed by atoms with Gasteiger partial charge in [-0.3, -0.25) is 9.59 Å². The number of benzene rings is 1. The highest BCUT2D eigenvalue weighted by Gasteiger charge is 2.24. The van der Waals surface area contributed by atoms with Gasteiger partial charge in [-0.25, -0.2) is 4.79 Å². The molecule has 0 aromatic heterocycles. The van der Waals surface area contributed by atoms with E-state index in [0.717, 1.165) is 18.4 Å². The van der Waals surface area contributed by atoms with Crippen LogP contribution in [0, 0.1) is 0 Å². The first-order valence-corrected chi connectivity index (χ1v) is 8.81. The van der Waals surface area contributed by atoms with Crippen LogP contribution in [0.4, 0.5) is 4.79 Å². The van der Waals surface area contributed by atoms with Crippen molar-refractivity contribution in [3.63, 3.8) is 0 Å². The van der Waals surface area contributed by atoms with Crippen LogP contribution in [0.3, 0.4) is 0 Å². The van der Waals surface area contributed by atoms with E-state index in [2.05, 4.69) is 16.0 Å². The molecule has 0 aliphatic heterocycles. The second kappa shape index (κ2) is 8.21. The Morgan fingerprint density at radius 1 is 1.15 bits per heavy atom. The normalized spacial score (nSPS) is 14.9. The van der Waals surface area contributed by atoms with Gasteiger partial charge < -0.3 is 20.7 Å². The SMILES string of the molecule is C[C@@H](NC(=O)OC(C)(C)C)C(=O)NCc1ccc(C(=O)NC2CC2)cc1. The van der Waals surface area contributed by atoms with E-state index in [4.69, 9.17) is 4.74 Å². The molecule has 3 N–H and O–H groups in total. The molecule has 1 aliphatic carbocycles. The van der Waals surface area contributed by atoms with E-state index in [1.807, 2.05) is 0 Å². The minimum Gasteiger partial charge on any atom is -0.444 e. The summed E-state index contributed by atoms with van der Waals surface area (Å²) in [6.45, 7) is 7.16. The summed E-state index contributed by atoms with van der Waals surface area (Å²) in [5.41, 5.74) is 0.853. The van der Waals surface area contributed by atoms with Gasteiger partial charge in [-0.1, -0.05) is 12.1 Å². The van der Waals surface area contributed by atoms with Crippen molar-refractivity contribution in [2.45, 2.75) is 64.8 Å². The number of carbonyl (C=O) groups is 3. The number of amides is 3. The summed E-state index contributed by atoms with van der Waals surface area (Å²) in [6.07, 6.45) is 1.46. The van der Waals surface area contributed by atoms with E-state index in [-0.39, 0.29) is 11.8 Å². The van der Waals surface area contributed by atoms with Crippen LogP contribution in [-0.2, 0) is 16.1 Å². The Hall–Kier alpha value is -2.57. The molecule has 1 fully saturated rings. The van der Waals surface area contributed by atoms with Crippen LogP contribution >= 0.6 is 0 Å². The zero-order valence-corrected chi connectivity index (χ0v) is 15.7.